The van der Waals surface area contributed by atoms with Gasteiger partial charge in [-0.15, -0.1) is 0 Å². The van der Waals surface area contributed by atoms with Crippen molar-refractivity contribution in [1.29, 1.82) is 0 Å². The van der Waals surface area contributed by atoms with Gasteiger partial charge in [0.2, 0.25) is 0 Å². The van der Waals surface area contributed by atoms with Crippen LogP contribution in [0.15, 0.2) is 36.7 Å². The summed E-state index contributed by atoms with van der Waals surface area (Å²) in [6, 6.07) is 8.60. The number of benzene rings is 1. The molecule has 3 nitrogen and oxygen atoms in total. The maximum absolute atomic E-state index is 4.48. The Morgan fingerprint density at radius 3 is 2.76 bits per heavy atom. The van der Waals surface area contributed by atoms with Crippen LogP contribution in [0.1, 0.15) is 29.9 Å². The fraction of sp³-hybridized carbons (Fsp3) is 0.357. The van der Waals surface area contributed by atoms with Crippen LogP contribution in [-0.4, -0.2) is 16.6 Å². The Hall–Kier alpha value is -1.61. The van der Waals surface area contributed by atoms with Crippen molar-refractivity contribution in [1.82, 2.24) is 14.9 Å². The number of hydrogen-bond acceptors (Lipinski definition) is 2. The Bertz CT molecular complexity index is 488. The molecule has 0 spiro atoms. The summed E-state index contributed by atoms with van der Waals surface area (Å²) in [5.74, 6) is 1.07. The maximum Gasteiger partial charge on any atom is 0.130 e. The highest BCUT2D eigenvalue weighted by Crippen LogP contribution is 2.23. The van der Waals surface area contributed by atoms with Gasteiger partial charge in [0.25, 0.3) is 0 Å². The van der Waals surface area contributed by atoms with Crippen LogP contribution in [-0.2, 0) is 6.54 Å². The first-order valence-corrected chi connectivity index (χ1v) is 6.01. The molecule has 90 valence electrons. The van der Waals surface area contributed by atoms with E-state index in [9.17, 15) is 0 Å². The van der Waals surface area contributed by atoms with E-state index in [2.05, 4.69) is 53.0 Å². The zero-order valence-electron chi connectivity index (χ0n) is 10.6. The smallest absolute Gasteiger partial charge is 0.130 e. The second kappa shape index (κ2) is 5.15. The van der Waals surface area contributed by atoms with Gasteiger partial charge in [-0.3, -0.25) is 0 Å². The molecule has 1 atom stereocenters. The van der Waals surface area contributed by atoms with E-state index in [4.69, 9.17) is 0 Å². The van der Waals surface area contributed by atoms with Crippen LogP contribution < -0.4 is 5.32 Å². The minimum atomic E-state index is 0.158. The molecule has 1 N–H and O–H groups in total. The largest absolute Gasteiger partial charge is 0.334 e. The molecule has 2 aromatic rings. The molecule has 0 aliphatic heterocycles. The number of nitrogens with zero attached hydrogens (tertiary/aromatic N) is 2. The summed E-state index contributed by atoms with van der Waals surface area (Å²) < 4.78 is 2.17. The molecule has 1 heterocycles. The van der Waals surface area contributed by atoms with E-state index in [1.54, 1.807) is 0 Å². The van der Waals surface area contributed by atoms with Gasteiger partial charge in [0, 0.05) is 18.9 Å². The van der Waals surface area contributed by atoms with Gasteiger partial charge in [-0.2, -0.15) is 0 Å². The van der Waals surface area contributed by atoms with E-state index < -0.39 is 0 Å². The molecule has 2 rings (SSSR count). The molecule has 0 aliphatic carbocycles. The highest BCUT2D eigenvalue weighted by molar-refractivity contribution is 5.32. The highest BCUT2D eigenvalue weighted by atomic mass is 15.1. The number of hydrogen-bond donors (Lipinski definition) is 1. The number of aromatic nitrogens is 2. The Balaban J connectivity index is 2.44. The highest BCUT2D eigenvalue weighted by Gasteiger charge is 2.18. The zero-order chi connectivity index (χ0) is 12.3. The van der Waals surface area contributed by atoms with Crippen LogP contribution in [0.3, 0.4) is 0 Å². The molecular formula is C14H19N3. The normalized spacial score (nSPS) is 12.6. The molecular weight excluding hydrogens is 210 g/mol. The van der Waals surface area contributed by atoms with Crippen molar-refractivity contribution in [2.24, 2.45) is 0 Å². The third-order valence-corrected chi connectivity index (χ3v) is 3.13. The van der Waals surface area contributed by atoms with Gasteiger partial charge in [-0.1, -0.05) is 24.3 Å². The van der Waals surface area contributed by atoms with Crippen molar-refractivity contribution in [3.8, 4) is 0 Å². The van der Waals surface area contributed by atoms with E-state index in [1.807, 2.05) is 19.4 Å². The number of imidazole rings is 1. The molecule has 0 saturated carbocycles. The first-order valence-electron chi connectivity index (χ1n) is 6.01. The monoisotopic (exact) mass is 229 g/mol. The first-order chi connectivity index (χ1) is 8.27. The average Bonchev–Trinajstić information content (AvgIpc) is 2.81. The molecule has 0 saturated heterocycles. The van der Waals surface area contributed by atoms with Crippen molar-refractivity contribution in [3.05, 3.63) is 53.6 Å². The molecule has 1 unspecified atom stereocenters. The van der Waals surface area contributed by atoms with Crippen LogP contribution in [0.2, 0.25) is 0 Å². The van der Waals surface area contributed by atoms with Crippen LogP contribution in [0, 0.1) is 6.92 Å². The Morgan fingerprint density at radius 2 is 2.12 bits per heavy atom. The second-order valence-corrected chi connectivity index (χ2v) is 4.15. The molecule has 0 aliphatic rings. The molecule has 3 heteroatoms. The average molecular weight is 229 g/mol. The van der Waals surface area contributed by atoms with Crippen molar-refractivity contribution < 1.29 is 0 Å². The predicted octanol–water partition coefficient (Wildman–Crippen LogP) is 2.52. The molecule has 1 aromatic heterocycles. The van der Waals surface area contributed by atoms with Crippen LogP contribution in [0.25, 0.3) is 0 Å². The Kier molecular flexibility index (Phi) is 3.59. The molecule has 1 aromatic carbocycles. The second-order valence-electron chi connectivity index (χ2n) is 4.15. The quantitative estimate of drug-likeness (QED) is 0.873. The number of nitrogens with one attached hydrogen (secondary N) is 1. The van der Waals surface area contributed by atoms with Crippen LogP contribution >= 0.6 is 0 Å². The molecule has 0 bridgehead atoms. The summed E-state index contributed by atoms with van der Waals surface area (Å²) in [4.78, 5) is 4.48. The summed E-state index contributed by atoms with van der Waals surface area (Å²) in [6.07, 6.45) is 3.89. The number of rotatable bonds is 4. The van der Waals surface area contributed by atoms with Crippen molar-refractivity contribution >= 4 is 0 Å². The maximum atomic E-state index is 4.48. The van der Waals surface area contributed by atoms with Gasteiger partial charge in [0.15, 0.2) is 0 Å². The fourth-order valence-corrected chi connectivity index (χ4v) is 2.18. The van der Waals surface area contributed by atoms with Crippen molar-refractivity contribution in [2.75, 3.05) is 7.05 Å². The molecule has 0 amide bonds. The van der Waals surface area contributed by atoms with E-state index in [0.29, 0.717) is 0 Å². The summed E-state index contributed by atoms with van der Waals surface area (Å²) in [5.41, 5.74) is 2.58. The van der Waals surface area contributed by atoms with Crippen LogP contribution in [0.5, 0.6) is 0 Å². The first kappa shape index (κ1) is 11.9. The lowest BCUT2D eigenvalue weighted by atomic mass is 10.0. The zero-order valence-corrected chi connectivity index (χ0v) is 10.6. The summed E-state index contributed by atoms with van der Waals surface area (Å²) >= 11 is 0. The van der Waals surface area contributed by atoms with Crippen LogP contribution in [0.4, 0.5) is 0 Å². The fourth-order valence-electron chi connectivity index (χ4n) is 2.18. The predicted molar refractivity (Wildman–Crippen MR) is 70.0 cm³/mol. The van der Waals surface area contributed by atoms with E-state index >= 15 is 0 Å². The van der Waals surface area contributed by atoms with E-state index in [1.165, 1.54) is 11.1 Å². The topological polar surface area (TPSA) is 29.9 Å². The summed E-state index contributed by atoms with van der Waals surface area (Å²) in [7, 11) is 1.98. The van der Waals surface area contributed by atoms with Gasteiger partial charge in [0.1, 0.15) is 5.82 Å². The van der Waals surface area contributed by atoms with Gasteiger partial charge in [0.05, 0.1) is 6.04 Å². The number of aryl methyl sites for hydroxylation is 2. The third-order valence-electron chi connectivity index (χ3n) is 3.13. The standard InChI is InChI=1S/C14H19N3/c1-4-17-10-9-16-14(17)13(15-3)12-8-6-5-7-11(12)2/h5-10,13,15H,4H2,1-3H3. The van der Waals surface area contributed by atoms with Gasteiger partial charge < -0.3 is 9.88 Å². The van der Waals surface area contributed by atoms with Crippen molar-refractivity contribution in [2.45, 2.75) is 26.4 Å². The van der Waals surface area contributed by atoms with E-state index in [-0.39, 0.29) is 6.04 Å². The lowest BCUT2D eigenvalue weighted by molar-refractivity contribution is 0.588. The SMILES string of the molecule is CCn1ccnc1C(NC)c1ccccc1C. The van der Waals surface area contributed by atoms with Gasteiger partial charge >= 0.3 is 0 Å². The third kappa shape index (κ3) is 2.24. The minimum absolute atomic E-state index is 0.158. The summed E-state index contributed by atoms with van der Waals surface area (Å²) in [6.45, 7) is 5.22. The van der Waals surface area contributed by atoms with Crippen molar-refractivity contribution in [3.63, 3.8) is 0 Å². The minimum Gasteiger partial charge on any atom is -0.334 e. The lowest BCUT2D eigenvalue weighted by Crippen LogP contribution is -2.22. The molecule has 0 radical (unpaired) electrons. The van der Waals surface area contributed by atoms with E-state index in [0.717, 1.165) is 12.4 Å². The lowest BCUT2D eigenvalue weighted by Gasteiger charge is -2.19. The Morgan fingerprint density at radius 1 is 1.35 bits per heavy atom. The van der Waals surface area contributed by atoms with Gasteiger partial charge in [-0.05, 0) is 32.0 Å². The molecule has 0 fully saturated rings. The van der Waals surface area contributed by atoms with Gasteiger partial charge in [-0.25, -0.2) is 4.98 Å². The Labute approximate surface area is 103 Å². The molecule has 17 heavy (non-hydrogen) atoms. The summed E-state index contributed by atoms with van der Waals surface area (Å²) in [5, 5.41) is 3.35.